The Morgan fingerprint density at radius 1 is 1.50 bits per heavy atom. The van der Waals surface area contributed by atoms with E-state index in [0.717, 1.165) is 6.20 Å². The van der Waals surface area contributed by atoms with E-state index in [0.29, 0.717) is 18.3 Å². The molecule has 2 N–H and O–H groups in total. The summed E-state index contributed by atoms with van der Waals surface area (Å²) in [7, 11) is 0. The van der Waals surface area contributed by atoms with E-state index in [1.165, 1.54) is 0 Å². The van der Waals surface area contributed by atoms with E-state index in [4.69, 9.17) is 0 Å². The van der Waals surface area contributed by atoms with E-state index in [1.54, 1.807) is 13.8 Å². The Bertz CT molecular complexity index is 441. The van der Waals surface area contributed by atoms with Crippen molar-refractivity contribution in [3.8, 4) is 0 Å². The lowest BCUT2D eigenvalue weighted by Crippen LogP contribution is -2.38. The molecule has 0 fully saturated rings. The molecule has 4 nitrogen and oxygen atoms in total. The van der Waals surface area contributed by atoms with Gasteiger partial charge in [0.1, 0.15) is 0 Å². The van der Waals surface area contributed by atoms with E-state index in [1.807, 2.05) is 0 Å². The summed E-state index contributed by atoms with van der Waals surface area (Å²) in [6.45, 7) is 3.94. The second kappa shape index (κ2) is 4.85. The maximum Gasteiger partial charge on any atom is 0.422 e. The van der Waals surface area contributed by atoms with E-state index in [9.17, 15) is 23.1 Å². The molecular weight excluding hydrogens is 269 g/mol. The van der Waals surface area contributed by atoms with Gasteiger partial charge in [0.2, 0.25) is 5.91 Å². The van der Waals surface area contributed by atoms with Crippen LogP contribution in [0.3, 0.4) is 0 Å². The quantitative estimate of drug-likeness (QED) is 0.895. The number of thiazole rings is 1. The molecule has 1 atom stereocenters. The van der Waals surface area contributed by atoms with Gasteiger partial charge < -0.3 is 10.4 Å². The Morgan fingerprint density at radius 3 is 2.50 bits per heavy atom. The molecule has 0 aliphatic carbocycles. The van der Waals surface area contributed by atoms with Gasteiger partial charge >= 0.3 is 6.18 Å². The first kappa shape index (κ1) is 14.9. The first-order chi connectivity index (χ1) is 8.05. The number of rotatable bonds is 3. The first-order valence-corrected chi connectivity index (χ1v) is 5.93. The van der Waals surface area contributed by atoms with Crippen LogP contribution in [0, 0.1) is 5.92 Å². The molecule has 0 aromatic carbocycles. The van der Waals surface area contributed by atoms with Crippen LogP contribution in [0.25, 0.3) is 0 Å². The number of amides is 1. The van der Waals surface area contributed by atoms with Gasteiger partial charge in [0.15, 0.2) is 10.7 Å². The van der Waals surface area contributed by atoms with Crippen LogP contribution in [0.1, 0.15) is 25.6 Å². The van der Waals surface area contributed by atoms with Gasteiger partial charge in [-0.2, -0.15) is 13.2 Å². The molecule has 0 aliphatic heterocycles. The van der Waals surface area contributed by atoms with Crippen molar-refractivity contribution in [1.82, 2.24) is 4.98 Å². The van der Waals surface area contributed by atoms with E-state index >= 15 is 0 Å². The minimum Gasteiger partial charge on any atom is -0.376 e. The monoisotopic (exact) mass is 282 g/mol. The highest BCUT2D eigenvalue weighted by atomic mass is 32.1. The third-order valence-electron chi connectivity index (χ3n) is 2.29. The van der Waals surface area contributed by atoms with Gasteiger partial charge in [-0.1, -0.05) is 25.2 Å². The maximum atomic E-state index is 12.6. The summed E-state index contributed by atoms with van der Waals surface area (Å²) in [4.78, 5) is 14.6. The van der Waals surface area contributed by atoms with Crippen molar-refractivity contribution in [2.24, 2.45) is 5.92 Å². The normalized spacial score (nSPS) is 15.6. The highest BCUT2D eigenvalue weighted by molar-refractivity contribution is 7.15. The topological polar surface area (TPSA) is 62.2 Å². The second-order valence-corrected chi connectivity index (χ2v) is 5.27. The molecular formula is C10H13F3N2O2S. The lowest BCUT2D eigenvalue weighted by atomic mass is 10.1. The average molecular weight is 282 g/mol. The Balaban J connectivity index is 2.91. The Kier molecular flexibility index (Phi) is 4.02. The minimum absolute atomic E-state index is 0.0354. The van der Waals surface area contributed by atoms with Crippen LogP contribution < -0.4 is 5.32 Å². The summed E-state index contributed by atoms with van der Waals surface area (Å²) in [5.74, 6) is -0.650. The summed E-state index contributed by atoms with van der Waals surface area (Å²) in [6, 6.07) is 0. The number of aliphatic hydroxyl groups is 1. The van der Waals surface area contributed by atoms with Crippen LogP contribution in [0.15, 0.2) is 6.20 Å². The van der Waals surface area contributed by atoms with Crippen LogP contribution in [0.4, 0.5) is 18.3 Å². The molecule has 0 radical (unpaired) electrons. The molecule has 0 bridgehead atoms. The van der Waals surface area contributed by atoms with Crippen LogP contribution in [-0.4, -0.2) is 22.2 Å². The summed E-state index contributed by atoms with van der Waals surface area (Å²) in [6.07, 6.45) is -3.88. The fourth-order valence-corrected chi connectivity index (χ4v) is 1.83. The van der Waals surface area contributed by atoms with Crippen LogP contribution in [-0.2, 0) is 10.4 Å². The number of carbonyl (C=O) groups excluding carboxylic acids is 1. The molecule has 1 amide bonds. The number of carbonyl (C=O) groups is 1. The van der Waals surface area contributed by atoms with Gasteiger partial charge in [-0.25, -0.2) is 4.98 Å². The first-order valence-electron chi connectivity index (χ1n) is 5.12. The number of hydrogen-bond acceptors (Lipinski definition) is 4. The lowest BCUT2D eigenvalue weighted by Gasteiger charge is -2.24. The number of hydrogen-bond donors (Lipinski definition) is 2. The third kappa shape index (κ3) is 2.99. The van der Waals surface area contributed by atoms with Gasteiger partial charge in [0.25, 0.3) is 0 Å². The molecule has 0 saturated carbocycles. The van der Waals surface area contributed by atoms with Crippen LogP contribution in [0.5, 0.6) is 0 Å². The number of nitrogens with one attached hydrogen (secondary N) is 1. The zero-order valence-corrected chi connectivity index (χ0v) is 10.8. The highest BCUT2D eigenvalue weighted by Gasteiger charge is 2.52. The van der Waals surface area contributed by atoms with Crippen LogP contribution in [0.2, 0.25) is 0 Å². The predicted molar refractivity (Wildman–Crippen MR) is 61.2 cm³/mol. The molecule has 8 heteroatoms. The summed E-state index contributed by atoms with van der Waals surface area (Å²) < 4.78 is 37.7. The number of anilines is 1. The summed E-state index contributed by atoms with van der Waals surface area (Å²) in [5.41, 5.74) is -2.97. The van der Waals surface area contributed by atoms with Crippen molar-refractivity contribution < 1.29 is 23.1 Å². The van der Waals surface area contributed by atoms with Crippen molar-refractivity contribution in [1.29, 1.82) is 0 Å². The second-order valence-electron chi connectivity index (χ2n) is 4.24. The largest absolute Gasteiger partial charge is 0.422 e. The molecule has 0 aliphatic rings. The highest BCUT2D eigenvalue weighted by Crippen LogP contribution is 2.41. The molecule has 1 aromatic rings. The zero-order valence-electron chi connectivity index (χ0n) is 10.00. The van der Waals surface area contributed by atoms with Gasteiger partial charge in [0, 0.05) is 12.1 Å². The van der Waals surface area contributed by atoms with Crippen LogP contribution >= 0.6 is 11.3 Å². The van der Waals surface area contributed by atoms with Gasteiger partial charge in [-0.05, 0) is 6.92 Å². The Morgan fingerprint density at radius 2 is 2.06 bits per heavy atom. The predicted octanol–water partition coefficient (Wildman–Crippen LogP) is 2.51. The van der Waals surface area contributed by atoms with E-state index < -0.39 is 11.8 Å². The molecule has 0 spiro atoms. The third-order valence-corrected chi connectivity index (χ3v) is 3.42. The van der Waals surface area contributed by atoms with Gasteiger partial charge in [-0.15, -0.1) is 0 Å². The van der Waals surface area contributed by atoms with Crippen molar-refractivity contribution in [2.45, 2.75) is 32.5 Å². The van der Waals surface area contributed by atoms with Crippen molar-refractivity contribution in [3.05, 3.63) is 11.1 Å². The maximum absolute atomic E-state index is 12.6. The fourth-order valence-electron chi connectivity index (χ4n) is 0.946. The number of alkyl halides is 3. The molecule has 1 rings (SSSR count). The minimum atomic E-state index is -4.79. The average Bonchev–Trinajstić information content (AvgIpc) is 2.64. The van der Waals surface area contributed by atoms with Gasteiger partial charge in [-0.3, -0.25) is 4.79 Å². The molecule has 0 saturated heterocycles. The standard InChI is InChI=1S/C10H13F3N2O2S/c1-5(2)7(16)15-8-14-4-6(18-8)9(3,17)10(11,12)13/h4-5,17H,1-3H3,(H,14,15,16). The Labute approximate surface area is 106 Å². The summed E-state index contributed by atoms with van der Waals surface area (Å²) >= 11 is 0.599. The lowest BCUT2D eigenvalue weighted by molar-refractivity contribution is -0.257. The van der Waals surface area contributed by atoms with E-state index in [2.05, 4.69) is 10.3 Å². The van der Waals surface area contributed by atoms with Crippen molar-refractivity contribution in [2.75, 3.05) is 5.32 Å². The van der Waals surface area contributed by atoms with Gasteiger partial charge in [0.05, 0.1) is 4.88 Å². The molecule has 1 heterocycles. The number of nitrogens with zero attached hydrogens (tertiary/aromatic N) is 1. The molecule has 102 valence electrons. The fraction of sp³-hybridized carbons (Fsp3) is 0.600. The zero-order chi connectivity index (χ0) is 14.1. The number of aromatic nitrogens is 1. The summed E-state index contributed by atoms with van der Waals surface area (Å²) in [5, 5.41) is 11.8. The SMILES string of the molecule is CC(C)C(=O)Nc1ncc(C(C)(O)C(F)(F)F)s1. The molecule has 1 unspecified atom stereocenters. The van der Waals surface area contributed by atoms with Crippen molar-refractivity contribution >= 4 is 22.4 Å². The van der Waals surface area contributed by atoms with E-state index in [-0.39, 0.29) is 21.8 Å². The Hall–Kier alpha value is -1.15. The number of halogens is 3. The molecule has 1 aromatic heterocycles. The van der Waals surface area contributed by atoms with Crippen molar-refractivity contribution in [3.63, 3.8) is 0 Å². The molecule has 18 heavy (non-hydrogen) atoms. The smallest absolute Gasteiger partial charge is 0.376 e.